The number of carbonyl (C=O) groups is 2. The van der Waals surface area contributed by atoms with E-state index in [9.17, 15) is 22.4 Å². The molecule has 1 aliphatic rings. The molecule has 8 nitrogen and oxygen atoms in total. The van der Waals surface area contributed by atoms with Gasteiger partial charge in [0.05, 0.1) is 11.5 Å². The number of carbonyl (C=O) groups excluding carboxylic acids is 2. The van der Waals surface area contributed by atoms with E-state index in [1.54, 1.807) is 43.3 Å². The number of benzene rings is 2. The summed E-state index contributed by atoms with van der Waals surface area (Å²) in [6.07, 6.45) is 2.27. The first-order chi connectivity index (χ1) is 17.2. The molecule has 1 N–H and O–H groups in total. The number of methoxy groups -OCH3 is 1. The summed E-state index contributed by atoms with van der Waals surface area (Å²) in [5.74, 6) is -0.918. The minimum Gasteiger partial charge on any atom is -0.383 e. The van der Waals surface area contributed by atoms with Crippen molar-refractivity contribution in [1.82, 2.24) is 14.5 Å². The molecule has 0 saturated carbocycles. The maximum absolute atomic E-state index is 13.3. The molecule has 1 fully saturated rings. The van der Waals surface area contributed by atoms with Gasteiger partial charge in [-0.05, 0) is 61.6 Å². The number of halogens is 1. The Morgan fingerprint density at radius 2 is 1.67 bits per heavy atom. The van der Waals surface area contributed by atoms with E-state index in [0.29, 0.717) is 38.2 Å². The summed E-state index contributed by atoms with van der Waals surface area (Å²) in [5, 5.41) is 2.75. The van der Waals surface area contributed by atoms with Crippen molar-refractivity contribution in [2.45, 2.75) is 50.1 Å². The van der Waals surface area contributed by atoms with Crippen molar-refractivity contribution in [2.75, 3.05) is 33.4 Å². The van der Waals surface area contributed by atoms with Crippen LogP contribution in [0.5, 0.6) is 0 Å². The van der Waals surface area contributed by atoms with Crippen LogP contribution in [-0.4, -0.2) is 68.8 Å². The molecular weight excluding hydrogens is 485 g/mol. The van der Waals surface area contributed by atoms with E-state index in [0.717, 1.165) is 18.4 Å². The SMILES string of the molecule is COCCNC(=O)[C@@H](C)N(Cc1ccc(F)cc1)C(=O)CCc1ccc(S(=O)(=O)N2CCCC2)cc1. The number of nitrogens with zero attached hydrogens (tertiary/aromatic N) is 2. The Morgan fingerprint density at radius 1 is 1.06 bits per heavy atom. The first-order valence-corrected chi connectivity index (χ1v) is 13.6. The maximum atomic E-state index is 13.3. The third kappa shape index (κ3) is 7.35. The van der Waals surface area contributed by atoms with Crippen molar-refractivity contribution in [1.29, 1.82) is 0 Å². The van der Waals surface area contributed by atoms with Crippen LogP contribution in [0, 0.1) is 5.82 Å². The van der Waals surface area contributed by atoms with Gasteiger partial charge in [-0.2, -0.15) is 4.31 Å². The summed E-state index contributed by atoms with van der Waals surface area (Å²) in [5.41, 5.74) is 1.53. The third-order valence-corrected chi connectivity index (χ3v) is 8.21. The molecule has 0 radical (unpaired) electrons. The number of ether oxygens (including phenoxy) is 1. The van der Waals surface area contributed by atoms with Gasteiger partial charge in [-0.25, -0.2) is 12.8 Å². The van der Waals surface area contributed by atoms with Crippen LogP contribution in [0.1, 0.15) is 37.3 Å². The second-order valence-corrected chi connectivity index (χ2v) is 10.8. The molecule has 1 atom stereocenters. The predicted octanol–water partition coefficient (Wildman–Crippen LogP) is 2.72. The molecule has 0 spiro atoms. The van der Waals surface area contributed by atoms with Crippen LogP contribution in [0.15, 0.2) is 53.4 Å². The molecule has 0 aliphatic carbocycles. The summed E-state index contributed by atoms with van der Waals surface area (Å²) in [7, 11) is -1.95. The highest BCUT2D eigenvalue weighted by molar-refractivity contribution is 7.89. The Hall–Kier alpha value is -2.82. The molecule has 2 amide bonds. The fraction of sp³-hybridized carbons (Fsp3) is 0.462. The normalized spacial score (nSPS) is 15.0. The molecule has 0 bridgehead atoms. The molecule has 10 heteroatoms. The number of rotatable bonds is 12. The lowest BCUT2D eigenvalue weighted by Crippen LogP contribution is -2.48. The van der Waals surface area contributed by atoms with Gasteiger partial charge in [0.15, 0.2) is 0 Å². The van der Waals surface area contributed by atoms with Gasteiger partial charge in [0.25, 0.3) is 0 Å². The Bertz CT molecular complexity index is 1120. The minimum atomic E-state index is -3.49. The van der Waals surface area contributed by atoms with Gasteiger partial charge in [0.2, 0.25) is 21.8 Å². The van der Waals surface area contributed by atoms with Crippen LogP contribution in [0.2, 0.25) is 0 Å². The molecule has 2 aromatic carbocycles. The largest absolute Gasteiger partial charge is 0.383 e. The van der Waals surface area contributed by atoms with E-state index in [1.165, 1.54) is 28.4 Å². The minimum absolute atomic E-state index is 0.134. The molecule has 1 aliphatic heterocycles. The zero-order chi connectivity index (χ0) is 26.1. The molecule has 1 heterocycles. The molecule has 2 aromatic rings. The first-order valence-electron chi connectivity index (χ1n) is 12.1. The van der Waals surface area contributed by atoms with Crippen LogP contribution in [-0.2, 0) is 37.3 Å². The fourth-order valence-electron chi connectivity index (χ4n) is 4.09. The highest BCUT2D eigenvalue weighted by Crippen LogP contribution is 2.22. The number of hydrogen-bond donors (Lipinski definition) is 1. The Balaban J connectivity index is 1.67. The molecule has 1 saturated heterocycles. The summed E-state index contributed by atoms with van der Waals surface area (Å²) < 4.78 is 45.3. The van der Waals surface area contributed by atoms with Gasteiger partial charge in [-0.3, -0.25) is 9.59 Å². The van der Waals surface area contributed by atoms with E-state index in [1.807, 2.05) is 0 Å². The molecule has 0 aromatic heterocycles. The quantitative estimate of drug-likeness (QED) is 0.435. The molecule has 0 unspecified atom stereocenters. The molecule has 3 rings (SSSR count). The van der Waals surface area contributed by atoms with Crippen LogP contribution in [0.4, 0.5) is 4.39 Å². The Kier molecular flexibility index (Phi) is 9.98. The van der Waals surface area contributed by atoms with Gasteiger partial charge in [0, 0.05) is 39.7 Å². The van der Waals surface area contributed by atoms with Crippen molar-refractivity contribution >= 4 is 21.8 Å². The zero-order valence-corrected chi connectivity index (χ0v) is 21.6. The van der Waals surface area contributed by atoms with Gasteiger partial charge >= 0.3 is 0 Å². The van der Waals surface area contributed by atoms with Crippen LogP contribution < -0.4 is 5.32 Å². The monoisotopic (exact) mass is 519 g/mol. The van der Waals surface area contributed by atoms with Gasteiger partial charge < -0.3 is 15.0 Å². The van der Waals surface area contributed by atoms with Crippen molar-refractivity contribution in [2.24, 2.45) is 0 Å². The van der Waals surface area contributed by atoms with Crippen molar-refractivity contribution in [3.8, 4) is 0 Å². The average Bonchev–Trinajstić information content (AvgIpc) is 3.43. The van der Waals surface area contributed by atoms with E-state index >= 15 is 0 Å². The van der Waals surface area contributed by atoms with Crippen LogP contribution in [0.3, 0.4) is 0 Å². The number of nitrogens with one attached hydrogen (secondary N) is 1. The number of amides is 2. The summed E-state index contributed by atoms with van der Waals surface area (Å²) in [6.45, 7) is 3.57. The lowest BCUT2D eigenvalue weighted by Gasteiger charge is -2.29. The highest BCUT2D eigenvalue weighted by Gasteiger charge is 2.28. The van der Waals surface area contributed by atoms with Crippen molar-refractivity contribution < 1.29 is 27.1 Å². The third-order valence-electron chi connectivity index (χ3n) is 6.29. The van der Waals surface area contributed by atoms with Gasteiger partial charge in [0.1, 0.15) is 11.9 Å². The van der Waals surface area contributed by atoms with Crippen molar-refractivity contribution in [3.05, 3.63) is 65.5 Å². The van der Waals surface area contributed by atoms with E-state index in [2.05, 4.69) is 5.32 Å². The standard InChI is InChI=1S/C26H34FN3O5S/c1-20(26(32)28-15-18-35-2)30(19-22-5-10-23(27)11-6-22)25(31)14-9-21-7-12-24(13-8-21)36(33,34)29-16-3-4-17-29/h5-8,10-13,20H,3-4,9,14-19H2,1-2H3,(H,28,32)/t20-/m1/s1. The van der Waals surface area contributed by atoms with Crippen LogP contribution >= 0.6 is 0 Å². The van der Waals surface area contributed by atoms with E-state index in [4.69, 9.17) is 4.74 Å². The summed E-state index contributed by atoms with van der Waals surface area (Å²) in [4.78, 5) is 27.6. The lowest BCUT2D eigenvalue weighted by atomic mass is 10.1. The van der Waals surface area contributed by atoms with Gasteiger partial charge in [-0.1, -0.05) is 24.3 Å². The second kappa shape index (κ2) is 12.9. The maximum Gasteiger partial charge on any atom is 0.243 e. The molecular formula is C26H34FN3O5S. The first kappa shape index (κ1) is 27.8. The summed E-state index contributed by atoms with van der Waals surface area (Å²) in [6, 6.07) is 11.7. The Labute approximate surface area is 212 Å². The van der Waals surface area contributed by atoms with Crippen molar-refractivity contribution in [3.63, 3.8) is 0 Å². The molecule has 36 heavy (non-hydrogen) atoms. The Morgan fingerprint density at radius 3 is 2.28 bits per heavy atom. The fourth-order valence-corrected chi connectivity index (χ4v) is 5.61. The van der Waals surface area contributed by atoms with Gasteiger partial charge in [-0.15, -0.1) is 0 Å². The summed E-state index contributed by atoms with van der Waals surface area (Å²) >= 11 is 0. The predicted molar refractivity (Wildman–Crippen MR) is 134 cm³/mol. The smallest absolute Gasteiger partial charge is 0.243 e. The van der Waals surface area contributed by atoms with E-state index in [-0.39, 0.29) is 35.5 Å². The number of hydrogen-bond acceptors (Lipinski definition) is 5. The lowest BCUT2D eigenvalue weighted by molar-refractivity contribution is -0.140. The zero-order valence-electron chi connectivity index (χ0n) is 20.8. The topological polar surface area (TPSA) is 96.0 Å². The number of sulfonamides is 1. The molecule has 196 valence electrons. The highest BCUT2D eigenvalue weighted by atomic mass is 32.2. The average molecular weight is 520 g/mol. The van der Waals surface area contributed by atoms with Crippen LogP contribution in [0.25, 0.3) is 0 Å². The number of aryl methyl sites for hydroxylation is 1. The second-order valence-electron chi connectivity index (χ2n) is 8.86. The van der Waals surface area contributed by atoms with E-state index < -0.39 is 16.1 Å².